The van der Waals surface area contributed by atoms with Crippen molar-refractivity contribution in [1.82, 2.24) is 0 Å². The van der Waals surface area contributed by atoms with Gasteiger partial charge in [-0.05, 0) is 42.8 Å². The summed E-state index contributed by atoms with van der Waals surface area (Å²) in [7, 11) is 1.76. The Balaban J connectivity index is 2.46. The number of benzene rings is 2. The number of aryl methyl sites for hydroxylation is 1. The topological polar surface area (TPSA) is 29.3 Å². The normalized spacial score (nSPS) is 10.4. The number of hydrogen-bond donors (Lipinski definition) is 1. The van der Waals surface area contributed by atoms with Crippen molar-refractivity contribution in [1.29, 1.82) is 0 Å². The van der Waals surface area contributed by atoms with Crippen LogP contribution in [-0.2, 0) is 0 Å². The Bertz CT molecular complexity index is 582. The van der Waals surface area contributed by atoms with E-state index in [2.05, 4.69) is 0 Å². The first-order valence-electron chi connectivity index (χ1n) is 5.54. The molecule has 0 unspecified atom stereocenters. The average Bonchev–Trinajstić information content (AvgIpc) is 2.33. The van der Waals surface area contributed by atoms with Gasteiger partial charge < -0.3 is 10.6 Å². The third-order valence-electron chi connectivity index (χ3n) is 2.86. The summed E-state index contributed by atoms with van der Waals surface area (Å²) in [5, 5.41) is 0. The molecule has 2 nitrogen and oxygen atoms in total. The lowest BCUT2D eigenvalue weighted by molar-refractivity contribution is 0.619. The minimum Gasteiger partial charge on any atom is -0.397 e. The Morgan fingerprint density at radius 2 is 1.83 bits per heavy atom. The molecule has 0 aliphatic heterocycles. The molecular weight excluding hydrogens is 234 g/mol. The van der Waals surface area contributed by atoms with Gasteiger partial charge in [0.25, 0.3) is 0 Å². The van der Waals surface area contributed by atoms with E-state index in [0.717, 1.165) is 0 Å². The zero-order valence-electron chi connectivity index (χ0n) is 10.2. The zero-order valence-corrected chi connectivity index (χ0v) is 10.2. The first-order valence-corrected chi connectivity index (χ1v) is 5.54. The van der Waals surface area contributed by atoms with Gasteiger partial charge in [0, 0.05) is 12.7 Å². The van der Waals surface area contributed by atoms with Gasteiger partial charge in [0.2, 0.25) is 0 Å². The quantitative estimate of drug-likeness (QED) is 0.822. The Morgan fingerprint density at radius 1 is 1.11 bits per heavy atom. The van der Waals surface area contributed by atoms with Crippen molar-refractivity contribution >= 4 is 17.1 Å². The molecule has 0 aliphatic rings. The maximum atomic E-state index is 13.3. The molecule has 0 aliphatic carbocycles. The van der Waals surface area contributed by atoms with E-state index >= 15 is 0 Å². The highest BCUT2D eigenvalue weighted by molar-refractivity contribution is 5.75. The lowest BCUT2D eigenvalue weighted by atomic mass is 10.1. The minimum atomic E-state index is -0.344. The molecule has 0 amide bonds. The summed E-state index contributed by atoms with van der Waals surface area (Å²) in [6.45, 7) is 1.66. The standard InChI is InChI=1S/C14H14F2N2/c1-9-6-14(13(17)8-12(9)16)18(2)11-5-3-4-10(15)7-11/h3-8H,17H2,1-2H3. The smallest absolute Gasteiger partial charge is 0.128 e. The second-order valence-corrected chi connectivity index (χ2v) is 4.20. The molecule has 0 saturated heterocycles. The molecule has 2 aromatic carbocycles. The van der Waals surface area contributed by atoms with Gasteiger partial charge in [0.1, 0.15) is 11.6 Å². The van der Waals surface area contributed by atoms with Gasteiger partial charge in [-0.3, -0.25) is 0 Å². The van der Waals surface area contributed by atoms with Crippen LogP contribution in [0.2, 0.25) is 0 Å². The van der Waals surface area contributed by atoms with Crippen molar-refractivity contribution in [2.75, 3.05) is 17.7 Å². The van der Waals surface area contributed by atoms with Gasteiger partial charge in [-0.1, -0.05) is 6.07 Å². The molecule has 0 aromatic heterocycles. The van der Waals surface area contributed by atoms with E-state index in [9.17, 15) is 8.78 Å². The van der Waals surface area contributed by atoms with E-state index in [-0.39, 0.29) is 11.6 Å². The Morgan fingerprint density at radius 3 is 2.50 bits per heavy atom. The molecule has 0 saturated carbocycles. The molecule has 2 rings (SSSR count). The molecule has 0 heterocycles. The van der Waals surface area contributed by atoms with E-state index in [1.807, 2.05) is 0 Å². The second-order valence-electron chi connectivity index (χ2n) is 4.20. The lowest BCUT2D eigenvalue weighted by Crippen LogP contribution is -2.12. The van der Waals surface area contributed by atoms with Crippen molar-refractivity contribution in [2.45, 2.75) is 6.92 Å². The average molecular weight is 248 g/mol. The van der Waals surface area contributed by atoms with Gasteiger partial charge in [0.05, 0.1) is 11.4 Å². The first kappa shape index (κ1) is 12.4. The van der Waals surface area contributed by atoms with Crippen LogP contribution >= 0.6 is 0 Å². The number of rotatable bonds is 2. The van der Waals surface area contributed by atoms with Crippen molar-refractivity contribution in [3.8, 4) is 0 Å². The predicted octanol–water partition coefficient (Wildman–Crippen LogP) is 3.62. The fourth-order valence-electron chi connectivity index (χ4n) is 1.80. The highest BCUT2D eigenvalue weighted by Gasteiger charge is 2.11. The number of nitrogens with two attached hydrogens (primary N) is 1. The highest BCUT2D eigenvalue weighted by Crippen LogP contribution is 2.31. The third kappa shape index (κ3) is 2.27. The van der Waals surface area contributed by atoms with Crippen LogP contribution in [0.25, 0.3) is 0 Å². The van der Waals surface area contributed by atoms with Crippen LogP contribution in [0.5, 0.6) is 0 Å². The van der Waals surface area contributed by atoms with Crippen LogP contribution in [0, 0.1) is 18.6 Å². The molecular formula is C14H14F2N2. The summed E-state index contributed by atoms with van der Waals surface area (Å²) in [4.78, 5) is 1.73. The van der Waals surface area contributed by atoms with E-state index < -0.39 is 0 Å². The van der Waals surface area contributed by atoms with Crippen molar-refractivity contribution in [2.24, 2.45) is 0 Å². The van der Waals surface area contributed by atoms with Crippen molar-refractivity contribution in [3.63, 3.8) is 0 Å². The molecule has 0 spiro atoms. The molecule has 0 fully saturated rings. The summed E-state index contributed by atoms with van der Waals surface area (Å²) < 4.78 is 26.5. The number of halogens is 2. The molecule has 2 N–H and O–H groups in total. The molecule has 2 aromatic rings. The number of nitrogens with zero attached hydrogens (tertiary/aromatic N) is 1. The fourth-order valence-corrected chi connectivity index (χ4v) is 1.80. The van der Waals surface area contributed by atoms with Crippen LogP contribution < -0.4 is 10.6 Å². The SMILES string of the molecule is Cc1cc(N(C)c2cccc(F)c2)c(N)cc1F. The first-order chi connectivity index (χ1) is 8.49. The second kappa shape index (κ2) is 4.64. The van der Waals surface area contributed by atoms with Gasteiger partial charge in [-0.2, -0.15) is 0 Å². The number of hydrogen-bond acceptors (Lipinski definition) is 2. The minimum absolute atomic E-state index is 0.322. The number of anilines is 3. The highest BCUT2D eigenvalue weighted by atomic mass is 19.1. The molecule has 4 heteroatoms. The van der Waals surface area contributed by atoms with E-state index in [4.69, 9.17) is 5.73 Å². The summed E-state index contributed by atoms with van der Waals surface area (Å²) in [5.41, 5.74) is 7.93. The Hall–Kier alpha value is -2.10. The predicted molar refractivity (Wildman–Crippen MR) is 70.0 cm³/mol. The molecule has 0 radical (unpaired) electrons. The zero-order chi connectivity index (χ0) is 13.3. The van der Waals surface area contributed by atoms with Crippen LogP contribution in [-0.4, -0.2) is 7.05 Å². The van der Waals surface area contributed by atoms with E-state index in [1.165, 1.54) is 18.2 Å². The molecule has 18 heavy (non-hydrogen) atoms. The van der Waals surface area contributed by atoms with Gasteiger partial charge in [-0.25, -0.2) is 8.78 Å². The number of nitrogen functional groups attached to an aromatic ring is 1. The largest absolute Gasteiger partial charge is 0.397 e. The Labute approximate surface area is 105 Å². The van der Waals surface area contributed by atoms with Crippen molar-refractivity contribution < 1.29 is 8.78 Å². The maximum absolute atomic E-state index is 13.3. The maximum Gasteiger partial charge on any atom is 0.128 e. The van der Waals surface area contributed by atoms with Crippen LogP contribution in [0.15, 0.2) is 36.4 Å². The summed E-state index contributed by atoms with van der Waals surface area (Å²) in [6, 6.07) is 9.08. The third-order valence-corrected chi connectivity index (χ3v) is 2.86. The van der Waals surface area contributed by atoms with Crippen LogP contribution in [0.3, 0.4) is 0 Å². The van der Waals surface area contributed by atoms with Crippen LogP contribution in [0.4, 0.5) is 25.8 Å². The van der Waals surface area contributed by atoms with E-state index in [0.29, 0.717) is 22.6 Å². The summed E-state index contributed by atoms with van der Waals surface area (Å²) in [6.07, 6.45) is 0. The lowest BCUT2D eigenvalue weighted by Gasteiger charge is -2.22. The monoisotopic (exact) mass is 248 g/mol. The van der Waals surface area contributed by atoms with Gasteiger partial charge in [-0.15, -0.1) is 0 Å². The fraction of sp³-hybridized carbons (Fsp3) is 0.143. The molecule has 0 bridgehead atoms. The Kier molecular flexibility index (Phi) is 3.19. The summed E-state index contributed by atoms with van der Waals surface area (Å²) in [5.74, 6) is -0.666. The van der Waals surface area contributed by atoms with Crippen LogP contribution in [0.1, 0.15) is 5.56 Å². The van der Waals surface area contributed by atoms with Crippen molar-refractivity contribution in [3.05, 3.63) is 53.6 Å². The van der Waals surface area contributed by atoms with E-state index in [1.54, 1.807) is 37.1 Å². The molecule has 94 valence electrons. The van der Waals surface area contributed by atoms with Gasteiger partial charge >= 0.3 is 0 Å². The summed E-state index contributed by atoms with van der Waals surface area (Å²) >= 11 is 0. The van der Waals surface area contributed by atoms with Gasteiger partial charge in [0.15, 0.2) is 0 Å². The molecule has 0 atom stereocenters.